The molecule has 0 aliphatic carbocycles. The van der Waals surface area contributed by atoms with Crippen molar-refractivity contribution in [2.75, 3.05) is 13.1 Å². The van der Waals surface area contributed by atoms with Crippen molar-refractivity contribution < 1.29 is 4.79 Å². The highest BCUT2D eigenvalue weighted by Gasteiger charge is 2.28. The number of hydrogen-bond acceptors (Lipinski definition) is 3. The Morgan fingerprint density at radius 2 is 1.91 bits per heavy atom. The number of pyridine rings is 1. The zero-order chi connectivity index (χ0) is 24.2. The SMILES string of the molecule is CCC#Cc1ccc(C(C)N2CCC(C(=O)NCc3ccc4cncn4c3)CC2)c2ccccc12. The average molecular weight is 465 g/mol. The Morgan fingerprint density at radius 3 is 2.71 bits per heavy atom. The third kappa shape index (κ3) is 4.94. The minimum absolute atomic E-state index is 0.0684. The number of piperidine rings is 1. The molecule has 0 spiro atoms. The molecule has 178 valence electrons. The van der Waals surface area contributed by atoms with Crippen molar-refractivity contribution >= 4 is 22.2 Å². The van der Waals surface area contributed by atoms with Gasteiger partial charge in [-0.05, 0) is 66.9 Å². The average Bonchev–Trinajstić information content (AvgIpc) is 3.38. The van der Waals surface area contributed by atoms with Crippen LogP contribution in [0.25, 0.3) is 16.3 Å². The maximum atomic E-state index is 12.9. The number of likely N-dealkylation sites (tertiary alicyclic amines) is 1. The van der Waals surface area contributed by atoms with E-state index in [1.165, 1.54) is 16.3 Å². The van der Waals surface area contributed by atoms with Crippen LogP contribution in [0.2, 0.25) is 0 Å². The lowest BCUT2D eigenvalue weighted by Crippen LogP contribution is -2.41. The smallest absolute Gasteiger partial charge is 0.223 e. The molecule has 1 N–H and O–H groups in total. The van der Waals surface area contributed by atoms with Crippen LogP contribution < -0.4 is 5.32 Å². The molecule has 5 nitrogen and oxygen atoms in total. The van der Waals surface area contributed by atoms with Crippen LogP contribution >= 0.6 is 0 Å². The van der Waals surface area contributed by atoms with Crippen LogP contribution in [0.3, 0.4) is 0 Å². The Balaban J connectivity index is 1.21. The summed E-state index contributed by atoms with van der Waals surface area (Å²) in [5, 5.41) is 5.64. The van der Waals surface area contributed by atoms with Crippen molar-refractivity contribution in [1.29, 1.82) is 0 Å². The van der Waals surface area contributed by atoms with E-state index in [1.54, 1.807) is 6.33 Å². The third-order valence-corrected chi connectivity index (χ3v) is 7.19. The number of fused-ring (bicyclic) bond motifs is 2. The molecule has 1 amide bonds. The number of hydrogen-bond donors (Lipinski definition) is 1. The molecule has 35 heavy (non-hydrogen) atoms. The minimum Gasteiger partial charge on any atom is -0.352 e. The fraction of sp³-hybridized carbons (Fsp3) is 0.333. The van der Waals surface area contributed by atoms with E-state index in [4.69, 9.17) is 0 Å². The van der Waals surface area contributed by atoms with Crippen LogP contribution in [0.4, 0.5) is 0 Å². The van der Waals surface area contributed by atoms with E-state index in [-0.39, 0.29) is 11.8 Å². The van der Waals surface area contributed by atoms with E-state index in [0.717, 1.165) is 49.0 Å². The van der Waals surface area contributed by atoms with E-state index < -0.39 is 0 Å². The van der Waals surface area contributed by atoms with Gasteiger partial charge in [-0.25, -0.2) is 4.98 Å². The van der Waals surface area contributed by atoms with Gasteiger partial charge >= 0.3 is 0 Å². The predicted octanol–water partition coefficient (Wildman–Crippen LogP) is 5.34. The Labute approximate surface area is 207 Å². The highest BCUT2D eigenvalue weighted by Crippen LogP contribution is 2.32. The van der Waals surface area contributed by atoms with Gasteiger partial charge in [-0.2, -0.15) is 0 Å². The molecule has 4 aromatic rings. The minimum atomic E-state index is 0.0684. The van der Waals surface area contributed by atoms with Gasteiger partial charge in [-0.1, -0.05) is 55.2 Å². The van der Waals surface area contributed by atoms with Gasteiger partial charge in [0.25, 0.3) is 0 Å². The lowest BCUT2D eigenvalue weighted by atomic mass is 9.91. The van der Waals surface area contributed by atoms with Crippen molar-refractivity contribution in [3.63, 3.8) is 0 Å². The molecule has 1 aliphatic heterocycles. The lowest BCUT2D eigenvalue weighted by Gasteiger charge is -2.36. The van der Waals surface area contributed by atoms with E-state index in [2.05, 4.69) is 77.3 Å². The van der Waals surface area contributed by atoms with Crippen molar-refractivity contribution in [3.8, 4) is 11.8 Å². The third-order valence-electron chi connectivity index (χ3n) is 7.19. The van der Waals surface area contributed by atoms with Gasteiger partial charge in [0.05, 0.1) is 18.0 Å². The molecule has 1 atom stereocenters. The molecule has 1 saturated heterocycles. The van der Waals surface area contributed by atoms with E-state index in [1.807, 2.05) is 28.9 Å². The Kier molecular flexibility index (Phi) is 6.83. The second kappa shape index (κ2) is 10.3. The lowest BCUT2D eigenvalue weighted by molar-refractivity contribution is -0.126. The number of carbonyl (C=O) groups excluding carboxylic acids is 1. The quantitative estimate of drug-likeness (QED) is 0.406. The largest absolute Gasteiger partial charge is 0.352 e. The van der Waals surface area contributed by atoms with Crippen molar-refractivity contribution in [1.82, 2.24) is 19.6 Å². The molecule has 2 aromatic carbocycles. The summed E-state index contributed by atoms with van der Waals surface area (Å²) < 4.78 is 1.98. The van der Waals surface area contributed by atoms with Crippen LogP contribution in [0, 0.1) is 17.8 Å². The fourth-order valence-corrected chi connectivity index (χ4v) is 5.13. The van der Waals surface area contributed by atoms with Crippen LogP contribution in [0.5, 0.6) is 0 Å². The highest BCUT2D eigenvalue weighted by atomic mass is 16.1. The van der Waals surface area contributed by atoms with Crippen LogP contribution in [0.15, 0.2) is 67.3 Å². The molecule has 1 unspecified atom stereocenters. The molecule has 3 heterocycles. The first kappa shape index (κ1) is 23.1. The zero-order valence-electron chi connectivity index (χ0n) is 20.5. The second-order valence-corrected chi connectivity index (χ2v) is 9.37. The topological polar surface area (TPSA) is 49.6 Å². The summed E-state index contributed by atoms with van der Waals surface area (Å²) in [6, 6.07) is 17.3. The summed E-state index contributed by atoms with van der Waals surface area (Å²) in [5.41, 5.74) is 4.56. The first-order valence-corrected chi connectivity index (χ1v) is 12.6. The predicted molar refractivity (Wildman–Crippen MR) is 141 cm³/mol. The Hall–Kier alpha value is -3.62. The van der Waals surface area contributed by atoms with Gasteiger partial charge in [-0.3, -0.25) is 9.69 Å². The monoisotopic (exact) mass is 464 g/mol. The maximum Gasteiger partial charge on any atom is 0.223 e. The molecule has 1 fully saturated rings. The molecular weight excluding hydrogens is 432 g/mol. The number of nitrogens with zero attached hydrogens (tertiary/aromatic N) is 3. The van der Waals surface area contributed by atoms with Crippen molar-refractivity contribution in [2.24, 2.45) is 5.92 Å². The molecule has 5 heteroatoms. The van der Waals surface area contributed by atoms with Crippen LogP contribution in [0.1, 0.15) is 55.8 Å². The number of benzene rings is 2. The normalized spacial score (nSPS) is 15.6. The number of rotatable bonds is 5. The summed E-state index contributed by atoms with van der Waals surface area (Å²) in [6.07, 6.45) is 8.26. The summed E-state index contributed by atoms with van der Waals surface area (Å²) in [4.78, 5) is 19.5. The number of aromatic nitrogens is 2. The first-order valence-electron chi connectivity index (χ1n) is 12.6. The van der Waals surface area contributed by atoms with Gasteiger partial charge in [0.2, 0.25) is 5.91 Å². The molecule has 0 radical (unpaired) electrons. The van der Waals surface area contributed by atoms with Crippen molar-refractivity contribution in [2.45, 2.75) is 45.7 Å². The van der Waals surface area contributed by atoms with Crippen LogP contribution in [-0.4, -0.2) is 33.3 Å². The summed E-state index contributed by atoms with van der Waals surface area (Å²) in [7, 11) is 0. The standard InChI is InChI=1S/C30H32N4O/c1-3-4-7-24-11-13-27(29-9-6-5-8-28(24)29)22(2)33-16-14-25(15-17-33)30(35)32-18-23-10-12-26-19-31-21-34(26)20-23/h5-6,8-13,19-22,25H,3,14-18H2,1-2H3,(H,32,35). The number of carbonyl (C=O) groups is 1. The number of imidazole rings is 1. The molecule has 5 rings (SSSR count). The van der Waals surface area contributed by atoms with Crippen LogP contribution in [-0.2, 0) is 11.3 Å². The summed E-state index contributed by atoms with van der Waals surface area (Å²) >= 11 is 0. The summed E-state index contributed by atoms with van der Waals surface area (Å²) in [5.74, 6) is 6.76. The number of nitrogens with one attached hydrogen (secondary N) is 1. The van der Waals surface area contributed by atoms with Gasteiger partial charge in [-0.15, -0.1) is 0 Å². The van der Waals surface area contributed by atoms with Gasteiger partial charge < -0.3 is 9.72 Å². The second-order valence-electron chi connectivity index (χ2n) is 9.37. The molecule has 0 bridgehead atoms. The number of amides is 1. The van der Waals surface area contributed by atoms with Gasteiger partial charge in [0, 0.05) is 36.7 Å². The zero-order valence-corrected chi connectivity index (χ0v) is 20.5. The summed E-state index contributed by atoms with van der Waals surface area (Å²) in [6.45, 7) is 6.75. The van der Waals surface area contributed by atoms with Gasteiger partial charge in [0.15, 0.2) is 0 Å². The molecule has 0 saturated carbocycles. The molecule has 1 aliphatic rings. The van der Waals surface area contributed by atoms with E-state index >= 15 is 0 Å². The van der Waals surface area contributed by atoms with Gasteiger partial charge in [0.1, 0.15) is 0 Å². The highest BCUT2D eigenvalue weighted by molar-refractivity contribution is 5.91. The molecular formula is C30H32N4O. The van der Waals surface area contributed by atoms with E-state index in [0.29, 0.717) is 12.6 Å². The fourth-order valence-electron chi connectivity index (χ4n) is 5.13. The van der Waals surface area contributed by atoms with Crippen molar-refractivity contribution in [3.05, 3.63) is 83.9 Å². The Morgan fingerprint density at radius 1 is 1.11 bits per heavy atom. The first-order chi connectivity index (χ1) is 17.1. The molecule has 2 aromatic heterocycles. The Bertz CT molecular complexity index is 1400. The van der Waals surface area contributed by atoms with E-state index in [9.17, 15) is 4.79 Å². The maximum absolute atomic E-state index is 12.9.